The van der Waals surface area contributed by atoms with E-state index in [0.29, 0.717) is 6.10 Å². The van der Waals surface area contributed by atoms with Crippen LogP contribution in [0.4, 0.5) is 0 Å². The van der Waals surface area contributed by atoms with Gasteiger partial charge in [0.1, 0.15) is 0 Å². The first-order valence-electron chi connectivity index (χ1n) is 6.85. The predicted molar refractivity (Wildman–Crippen MR) is 71.1 cm³/mol. The lowest BCUT2D eigenvalue weighted by Crippen LogP contribution is -2.28. The monoisotopic (exact) mass is 243 g/mol. The van der Waals surface area contributed by atoms with Crippen molar-refractivity contribution in [3.63, 3.8) is 0 Å². The zero-order valence-corrected chi connectivity index (χ0v) is 11.1. The summed E-state index contributed by atoms with van der Waals surface area (Å²) in [5.41, 5.74) is 0. The van der Waals surface area contributed by atoms with E-state index in [-0.39, 0.29) is 0 Å². The van der Waals surface area contributed by atoms with Crippen molar-refractivity contribution in [2.24, 2.45) is 5.92 Å². The molecule has 0 aromatic carbocycles. The van der Waals surface area contributed by atoms with Crippen LogP contribution in [0.5, 0.6) is 0 Å². The Morgan fingerprint density at radius 2 is 2.00 bits per heavy atom. The SMILES string of the molecule is C1CCC(CSCCNCC2CCCO2)C1. The minimum Gasteiger partial charge on any atom is -0.377 e. The first-order chi connectivity index (χ1) is 7.95. The third-order valence-corrected chi connectivity index (χ3v) is 4.85. The van der Waals surface area contributed by atoms with Crippen LogP contribution >= 0.6 is 11.8 Å². The van der Waals surface area contributed by atoms with Crippen molar-refractivity contribution < 1.29 is 4.74 Å². The second-order valence-electron chi connectivity index (χ2n) is 5.06. The summed E-state index contributed by atoms with van der Waals surface area (Å²) in [6, 6.07) is 0. The van der Waals surface area contributed by atoms with Gasteiger partial charge in [0.2, 0.25) is 0 Å². The average molecular weight is 243 g/mol. The zero-order chi connectivity index (χ0) is 11.1. The van der Waals surface area contributed by atoms with Gasteiger partial charge >= 0.3 is 0 Å². The third-order valence-electron chi connectivity index (χ3n) is 3.65. The van der Waals surface area contributed by atoms with Crippen molar-refractivity contribution in [1.82, 2.24) is 5.32 Å². The van der Waals surface area contributed by atoms with Crippen molar-refractivity contribution in [3.05, 3.63) is 0 Å². The fraction of sp³-hybridized carbons (Fsp3) is 1.00. The molecule has 2 fully saturated rings. The summed E-state index contributed by atoms with van der Waals surface area (Å²) in [5.74, 6) is 3.69. The van der Waals surface area contributed by atoms with Crippen molar-refractivity contribution in [1.29, 1.82) is 0 Å². The van der Waals surface area contributed by atoms with Gasteiger partial charge in [0.05, 0.1) is 6.10 Å². The van der Waals surface area contributed by atoms with E-state index in [4.69, 9.17) is 4.74 Å². The van der Waals surface area contributed by atoms with Gasteiger partial charge in [0, 0.05) is 25.4 Å². The van der Waals surface area contributed by atoms with Crippen LogP contribution in [0.15, 0.2) is 0 Å². The molecule has 1 saturated heterocycles. The molecule has 3 heteroatoms. The molecule has 94 valence electrons. The van der Waals surface area contributed by atoms with Crippen molar-refractivity contribution >= 4 is 11.8 Å². The van der Waals surface area contributed by atoms with Gasteiger partial charge in [-0.15, -0.1) is 0 Å². The van der Waals surface area contributed by atoms with Gasteiger partial charge in [0.15, 0.2) is 0 Å². The van der Waals surface area contributed by atoms with Gasteiger partial charge in [-0.1, -0.05) is 12.8 Å². The van der Waals surface area contributed by atoms with Crippen LogP contribution in [0.3, 0.4) is 0 Å². The van der Waals surface area contributed by atoms with Crippen LogP contribution in [0.25, 0.3) is 0 Å². The van der Waals surface area contributed by atoms with Crippen molar-refractivity contribution in [2.45, 2.75) is 44.6 Å². The Kier molecular flexibility index (Phi) is 6.02. The normalized spacial score (nSPS) is 26.6. The largest absolute Gasteiger partial charge is 0.377 e. The molecule has 1 unspecified atom stereocenters. The molecule has 1 saturated carbocycles. The van der Waals surface area contributed by atoms with E-state index in [1.807, 2.05) is 0 Å². The molecule has 0 radical (unpaired) electrons. The van der Waals surface area contributed by atoms with Gasteiger partial charge < -0.3 is 10.1 Å². The Balaban J connectivity index is 1.37. The summed E-state index contributed by atoms with van der Waals surface area (Å²) in [6.45, 7) is 3.18. The summed E-state index contributed by atoms with van der Waals surface area (Å²) in [5, 5.41) is 3.51. The molecule has 2 aliphatic rings. The lowest BCUT2D eigenvalue weighted by Gasteiger charge is -2.11. The van der Waals surface area contributed by atoms with Gasteiger partial charge in [-0.05, 0) is 37.4 Å². The molecular formula is C13H25NOS. The lowest BCUT2D eigenvalue weighted by molar-refractivity contribution is 0.110. The highest BCUT2D eigenvalue weighted by molar-refractivity contribution is 7.99. The summed E-state index contributed by atoms with van der Waals surface area (Å²) < 4.78 is 5.57. The van der Waals surface area contributed by atoms with Crippen LogP contribution in [0.1, 0.15) is 38.5 Å². The van der Waals surface area contributed by atoms with Crippen LogP contribution in [-0.4, -0.2) is 37.3 Å². The lowest BCUT2D eigenvalue weighted by atomic mass is 10.1. The molecule has 1 heterocycles. The molecule has 16 heavy (non-hydrogen) atoms. The highest BCUT2D eigenvalue weighted by atomic mass is 32.2. The molecule has 0 bridgehead atoms. The maximum atomic E-state index is 5.57. The predicted octanol–water partition coefficient (Wildman–Crippen LogP) is 2.68. The third kappa shape index (κ3) is 4.64. The van der Waals surface area contributed by atoms with E-state index >= 15 is 0 Å². The molecule has 1 aliphatic carbocycles. The smallest absolute Gasteiger partial charge is 0.0700 e. The maximum Gasteiger partial charge on any atom is 0.0700 e. The van der Waals surface area contributed by atoms with E-state index < -0.39 is 0 Å². The second kappa shape index (κ2) is 7.57. The minimum absolute atomic E-state index is 0.500. The molecule has 0 spiro atoms. The van der Waals surface area contributed by atoms with E-state index in [2.05, 4.69) is 17.1 Å². The van der Waals surface area contributed by atoms with Crippen LogP contribution in [-0.2, 0) is 4.74 Å². The first-order valence-corrected chi connectivity index (χ1v) is 8.00. The summed E-state index contributed by atoms with van der Waals surface area (Å²) in [6.07, 6.45) is 8.92. The van der Waals surface area contributed by atoms with Gasteiger partial charge in [-0.2, -0.15) is 11.8 Å². The quantitative estimate of drug-likeness (QED) is 0.695. The zero-order valence-electron chi connectivity index (χ0n) is 10.2. The van der Waals surface area contributed by atoms with Crippen molar-refractivity contribution in [2.75, 3.05) is 31.2 Å². The summed E-state index contributed by atoms with van der Waals surface area (Å²) in [7, 11) is 0. The van der Waals surface area contributed by atoms with Crippen LogP contribution < -0.4 is 5.32 Å². The Morgan fingerprint density at radius 3 is 2.75 bits per heavy atom. The number of ether oxygens (including phenoxy) is 1. The molecule has 1 N–H and O–H groups in total. The van der Waals surface area contributed by atoms with Crippen molar-refractivity contribution in [3.8, 4) is 0 Å². The highest BCUT2D eigenvalue weighted by Gasteiger charge is 2.15. The number of hydrogen-bond donors (Lipinski definition) is 1. The molecule has 0 aromatic heterocycles. The van der Waals surface area contributed by atoms with E-state index in [0.717, 1.165) is 25.6 Å². The molecule has 0 aromatic rings. The minimum atomic E-state index is 0.500. The number of nitrogens with one attached hydrogen (secondary N) is 1. The Bertz CT molecular complexity index is 157. The molecule has 2 nitrogen and oxygen atoms in total. The van der Waals surface area contributed by atoms with Gasteiger partial charge in [-0.25, -0.2) is 0 Å². The summed E-state index contributed by atoms with van der Waals surface area (Å²) >= 11 is 2.13. The number of hydrogen-bond acceptors (Lipinski definition) is 3. The maximum absolute atomic E-state index is 5.57. The second-order valence-corrected chi connectivity index (χ2v) is 6.21. The van der Waals surface area contributed by atoms with Gasteiger partial charge in [0.25, 0.3) is 0 Å². The number of thioether (sulfide) groups is 1. The van der Waals surface area contributed by atoms with Crippen LogP contribution in [0.2, 0.25) is 0 Å². The Morgan fingerprint density at radius 1 is 1.12 bits per heavy atom. The van der Waals surface area contributed by atoms with E-state index in [1.54, 1.807) is 0 Å². The van der Waals surface area contributed by atoms with E-state index in [1.165, 1.54) is 50.0 Å². The average Bonchev–Trinajstić information content (AvgIpc) is 2.96. The molecule has 1 aliphatic heterocycles. The Hall–Kier alpha value is 0.270. The molecule has 1 atom stereocenters. The molecular weight excluding hydrogens is 218 g/mol. The fourth-order valence-corrected chi connectivity index (χ4v) is 3.76. The molecule has 0 amide bonds. The van der Waals surface area contributed by atoms with Crippen LogP contribution in [0, 0.1) is 5.92 Å². The number of rotatable bonds is 7. The van der Waals surface area contributed by atoms with E-state index in [9.17, 15) is 0 Å². The Labute approximate surface area is 104 Å². The fourth-order valence-electron chi connectivity index (χ4n) is 2.64. The topological polar surface area (TPSA) is 21.3 Å². The van der Waals surface area contributed by atoms with Gasteiger partial charge in [-0.3, -0.25) is 0 Å². The standard InChI is InChI=1S/C13H25NOS/c1-2-5-12(4-1)11-16-9-7-14-10-13-6-3-8-15-13/h12-14H,1-11H2. The first kappa shape index (κ1) is 12.7. The summed E-state index contributed by atoms with van der Waals surface area (Å²) in [4.78, 5) is 0. The highest BCUT2D eigenvalue weighted by Crippen LogP contribution is 2.27. The molecule has 2 rings (SSSR count).